The second-order valence-corrected chi connectivity index (χ2v) is 24.6. The molecule has 13 rings (SSSR count). The molecule has 0 unspecified atom stereocenters. The van der Waals surface area contributed by atoms with Crippen LogP contribution in [0.5, 0.6) is 0 Å². The first kappa shape index (κ1) is 36.8. The van der Waals surface area contributed by atoms with Gasteiger partial charge in [0, 0.05) is 27.2 Å². The predicted molar refractivity (Wildman–Crippen MR) is 276 cm³/mol. The lowest BCUT2D eigenvalue weighted by Gasteiger charge is -2.48. The van der Waals surface area contributed by atoms with Gasteiger partial charge in [-0.1, -0.05) is 212 Å². The third-order valence-corrected chi connectivity index (χ3v) is 24.4. The molecule has 4 heteroatoms. The largest absolute Gasteiger partial charge is 0.309 e. The monoisotopic (exact) mass is 846 g/mol. The van der Waals surface area contributed by atoms with Crippen LogP contribution in [0.25, 0.3) is 55.0 Å². The van der Waals surface area contributed by atoms with Gasteiger partial charge in [-0.3, -0.25) is 0 Å². The SMILES string of the molecule is c1ccc(-n2c3ccccc3c3c(-n4c5ccccc5c5ccc([Si]6(c7ccccc7)c7ccccc7[Si](c7ccccc7)(c7ccccc7)c7ccccc76)cc54)cccc32)cc1. The Labute approximate surface area is 374 Å². The van der Waals surface area contributed by atoms with Gasteiger partial charge in [0.05, 0.1) is 27.8 Å². The van der Waals surface area contributed by atoms with E-state index >= 15 is 0 Å². The summed E-state index contributed by atoms with van der Waals surface area (Å²) in [5.74, 6) is 0. The Morgan fingerprint density at radius 1 is 0.250 bits per heavy atom. The van der Waals surface area contributed by atoms with Crippen molar-refractivity contribution >= 4 is 101 Å². The van der Waals surface area contributed by atoms with Gasteiger partial charge in [0.2, 0.25) is 0 Å². The molecule has 12 aromatic rings. The topological polar surface area (TPSA) is 9.86 Å². The zero-order valence-corrected chi connectivity index (χ0v) is 37.1. The molecule has 64 heavy (non-hydrogen) atoms. The van der Waals surface area contributed by atoms with Crippen LogP contribution in [0.1, 0.15) is 0 Å². The maximum absolute atomic E-state index is 3.04. The standard InChI is InChI=1S/C60H42N2Si2/c1-5-22-43(23-6-1)61-52-33-16-14-31-50(52)60-53(61)34-21-35-54(60)62-51-32-15-13-30-48(51)49-41-40-47(42-55(49)62)64(46-28-11-4-12-29-46)58-38-19-17-36-56(58)63(44-24-7-2-8-25-44,45-26-9-3-10-27-45)57-37-18-20-39-59(57)64/h1-42H. The van der Waals surface area contributed by atoms with Crippen LogP contribution in [0.2, 0.25) is 0 Å². The number of hydrogen-bond acceptors (Lipinski definition) is 0. The van der Waals surface area contributed by atoms with Crippen LogP contribution in [-0.2, 0) is 0 Å². The normalized spacial score (nSPS) is 13.9. The average molecular weight is 847 g/mol. The van der Waals surface area contributed by atoms with Crippen LogP contribution in [0.4, 0.5) is 0 Å². The molecule has 300 valence electrons. The first-order valence-electron chi connectivity index (χ1n) is 22.3. The molecule has 2 nitrogen and oxygen atoms in total. The van der Waals surface area contributed by atoms with Crippen molar-refractivity contribution in [2.24, 2.45) is 0 Å². The Morgan fingerprint density at radius 3 is 1.20 bits per heavy atom. The Hall–Kier alpha value is -7.77. The maximum Gasteiger partial charge on any atom is 0.179 e. The van der Waals surface area contributed by atoms with Crippen LogP contribution in [0, 0.1) is 0 Å². The third-order valence-electron chi connectivity index (χ3n) is 14.1. The van der Waals surface area contributed by atoms with Gasteiger partial charge in [0.25, 0.3) is 0 Å². The molecular weight excluding hydrogens is 805 g/mol. The van der Waals surface area contributed by atoms with E-state index in [-0.39, 0.29) is 0 Å². The molecule has 1 aliphatic heterocycles. The highest BCUT2D eigenvalue weighted by Crippen LogP contribution is 2.40. The molecule has 0 radical (unpaired) electrons. The summed E-state index contributed by atoms with van der Waals surface area (Å²) in [5, 5.41) is 16.6. The van der Waals surface area contributed by atoms with Gasteiger partial charge in [0.1, 0.15) is 0 Å². The minimum atomic E-state index is -3.04. The van der Waals surface area contributed by atoms with Crippen molar-refractivity contribution in [1.82, 2.24) is 9.13 Å². The molecule has 0 N–H and O–H groups in total. The Morgan fingerprint density at radius 2 is 0.656 bits per heavy atom. The molecule has 3 heterocycles. The summed E-state index contributed by atoms with van der Waals surface area (Å²) >= 11 is 0. The van der Waals surface area contributed by atoms with Crippen molar-refractivity contribution < 1.29 is 0 Å². The van der Waals surface area contributed by atoms with E-state index in [2.05, 4.69) is 264 Å². The van der Waals surface area contributed by atoms with Crippen molar-refractivity contribution in [2.75, 3.05) is 0 Å². The molecule has 0 fully saturated rings. The smallest absolute Gasteiger partial charge is 0.179 e. The summed E-state index contributed by atoms with van der Waals surface area (Å²) in [6, 6.07) is 96.5. The number of fused-ring (bicyclic) bond motifs is 8. The van der Waals surface area contributed by atoms with Crippen LogP contribution in [0.15, 0.2) is 255 Å². The van der Waals surface area contributed by atoms with Crippen molar-refractivity contribution in [2.45, 2.75) is 0 Å². The highest BCUT2D eigenvalue weighted by molar-refractivity contribution is 7.32. The zero-order chi connectivity index (χ0) is 42.2. The van der Waals surface area contributed by atoms with Gasteiger partial charge < -0.3 is 9.13 Å². The van der Waals surface area contributed by atoms with Crippen molar-refractivity contribution in [3.05, 3.63) is 255 Å². The van der Waals surface area contributed by atoms with Gasteiger partial charge in [-0.05, 0) is 84.0 Å². The molecule has 0 bridgehead atoms. The first-order valence-corrected chi connectivity index (χ1v) is 26.3. The lowest BCUT2D eigenvalue weighted by atomic mass is 10.1. The molecule has 0 amide bonds. The highest BCUT2D eigenvalue weighted by atomic mass is 28.3. The number of nitrogens with zero attached hydrogens (tertiary/aromatic N) is 2. The van der Waals surface area contributed by atoms with E-state index in [4.69, 9.17) is 0 Å². The number of benzene rings is 10. The highest BCUT2D eigenvalue weighted by Gasteiger charge is 2.56. The minimum Gasteiger partial charge on any atom is -0.309 e. The van der Waals surface area contributed by atoms with E-state index in [1.165, 1.54) is 90.8 Å². The van der Waals surface area contributed by atoms with Crippen LogP contribution < -0.4 is 41.5 Å². The molecule has 1 aliphatic rings. The summed E-state index contributed by atoms with van der Waals surface area (Å²) in [5.41, 5.74) is 7.17. The summed E-state index contributed by atoms with van der Waals surface area (Å²) in [6.45, 7) is 0. The predicted octanol–water partition coefficient (Wildman–Crippen LogP) is 8.95. The minimum absolute atomic E-state index is 1.16. The fourth-order valence-corrected chi connectivity index (χ4v) is 23.8. The molecule has 10 aromatic carbocycles. The zero-order valence-electron chi connectivity index (χ0n) is 35.1. The number of aromatic nitrogens is 2. The Balaban J connectivity index is 1.17. The van der Waals surface area contributed by atoms with E-state index in [0.29, 0.717) is 0 Å². The van der Waals surface area contributed by atoms with Crippen molar-refractivity contribution in [1.29, 1.82) is 0 Å². The second-order valence-electron chi connectivity index (χ2n) is 17.1. The van der Waals surface area contributed by atoms with E-state index in [1.807, 2.05) is 0 Å². The van der Waals surface area contributed by atoms with Crippen molar-refractivity contribution in [3.63, 3.8) is 0 Å². The maximum atomic E-state index is 2.59. The Bertz CT molecular complexity index is 3630. The molecule has 2 aromatic heterocycles. The molecule has 0 saturated carbocycles. The fraction of sp³-hybridized carbons (Fsp3) is 0. The quantitative estimate of drug-likeness (QED) is 0.148. The molecule has 0 aliphatic carbocycles. The second kappa shape index (κ2) is 14.4. The molecule has 0 spiro atoms. The van der Waals surface area contributed by atoms with E-state index < -0.39 is 16.1 Å². The lowest BCUT2D eigenvalue weighted by molar-refractivity contribution is 1.17. The van der Waals surface area contributed by atoms with Crippen LogP contribution >= 0.6 is 0 Å². The van der Waals surface area contributed by atoms with Crippen LogP contribution in [0.3, 0.4) is 0 Å². The molecule has 0 saturated heterocycles. The molecular formula is C60H42N2Si2. The summed E-state index contributed by atoms with van der Waals surface area (Å²) in [4.78, 5) is 0. The van der Waals surface area contributed by atoms with Gasteiger partial charge in [-0.2, -0.15) is 0 Å². The lowest BCUT2D eigenvalue weighted by Crippen LogP contribution is -2.93. The van der Waals surface area contributed by atoms with Gasteiger partial charge in [0.15, 0.2) is 16.1 Å². The third kappa shape index (κ3) is 5.01. The van der Waals surface area contributed by atoms with E-state index in [1.54, 1.807) is 0 Å². The Kier molecular flexibility index (Phi) is 8.29. The number of para-hydroxylation sites is 3. The summed E-state index contributed by atoms with van der Waals surface area (Å²) < 4.78 is 5.00. The number of hydrogen-bond donors (Lipinski definition) is 0. The van der Waals surface area contributed by atoms with Crippen molar-refractivity contribution in [3.8, 4) is 11.4 Å². The molecule has 0 atom stereocenters. The number of rotatable bonds is 6. The van der Waals surface area contributed by atoms with Gasteiger partial charge >= 0.3 is 0 Å². The van der Waals surface area contributed by atoms with Crippen LogP contribution in [-0.4, -0.2) is 25.3 Å². The van der Waals surface area contributed by atoms with Gasteiger partial charge in [-0.25, -0.2) is 0 Å². The summed E-state index contributed by atoms with van der Waals surface area (Å²) in [7, 11) is -5.87. The fourth-order valence-electron chi connectivity index (χ4n) is 11.7. The van der Waals surface area contributed by atoms with Gasteiger partial charge in [-0.15, -0.1) is 0 Å². The summed E-state index contributed by atoms with van der Waals surface area (Å²) in [6.07, 6.45) is 0. The van der Waals surface area contributed by atoms with E-state index in [9.17, 15) is 0 Å². The average Bonchev–Trinajstić information content (AvgIpc) is 3.89. The van der Waals surface area contributed by atoms with E-state index in [0.717, 1.165) is 5.69 Å². The first-order chi connectivity index (χ1) is 31.8.